The molecule has 2 unspecified atom stereocenters. The minimum Gasteiger partial charge on any atom is -0.365 e. The van der Waals surface area contributed by atoms with Crippen LogP contribution in [0.5, 0.6) is 0 Å². The molecule has 166 valence electrons. The number of hydrogen-bond donors (Lipinski definition) is 1. The van der Waals surface area contributed by atoms with Gasteiger partial charge in [0, 0.05) is 28.7 Å². The van der Waals surface area contributed by atoms with Gasteiger partial charge in [0.25, 0.3) is 5.91 Å². The summed E-state index contributed by atoms with van der Waals surface area (Å²) in [5.74, 6) is -0.891. The van der Waals surface area contributed by atoms with E-state index < -0.39 is 12.0 Å². The molecule has 7 heteroatoms. The fourth-order valence-electron chi connectivity index (χ4n) is 3.99. The molecule has 31 heavy (non-hydrogen) atoms. The normalized spacial score (nSPS) is 17.6. The summed E-state index contributed by atoms with van der Waals surface area (Å²) in [5.41, 5.74) is 2.53. The summed E-state index contributed by atoms with van der Waals surface area (Å²) in [6.45, 7) is 10.3. The molecule has 0 fully saturated rings. The molecule has 0 saturated carbocycles. The molecule has 5 nitrogen and oxygen atoms in total. The first-order valence-electron chi connectivity index (χ1n) is 10.6. The van der Waals surface area contributed by atoms with Crippen molar-refractivity contribution in [3.8, 4) is 0 Å². The average molecular weight is 462 g/mol. The Kier molecular flexibility index (Phi) is 7.17. The number of nitrogens with one attached hydrogen (secondary N) is 1. The van der Waals surface area contributed by atoms with Crippen LogP contribution in [0.15, 0.2) is 42.5 Å². The molecule has 1 aliphatic rings. The molecule has 1 heterocycles. The lowest BCUT2D eigenvalue weighted by Gasteiger charge is -2.31. The van der Waals surface area contributed by atoms with Crippen molar-refractivity contribution < 1.29 is 9.59 Å². The number of anilines is 2. The fraction of sp³-hybridized carbons (Fsp3) is 0.417. The van der Waals surface area contributed by atoms with Crippen LogP contribution < -0.4 is 15.1 Å². The second kappa shape index (κ2) is 9.49. The summed E-state index contributed by atoms with van der Waals surface area (Å²) in [6, 6.07) is 12.4. The summed E-state index contributed by atoms with van der Waals surface area (Å²) in [4.78, 5) is 30.7. The van der Waals surface area contributed by atoms with E-state index in [-0.39, 0.29) is 23.9 Å². The number of hydrogen-bond acceptors (Lipinski definition) is 3. The molecule has 2 aromatic rings. The van der Waals surface area contributed by atoms with Crippen LogP contribution in [0.1, 0.15) is 46.1 Å². The Hall–Kier alpha value is -2.24. The predicted octanol–water partition coefficient (Wildman–Crippen LogP) is 5.25. The summed E-state index contributed by atoms with van der Waals surface area (Å²) in [7, 11) is 0. The van der Waals surface area contributed by atoms with E-state index in [9.17, 15) is 9.59 Å². The van der Waals surface area contributed by atoms with Crippen molar-refractivity contribution in [2.75, 3.05) is 16.3 Å². The summed E-state index contributed by atoms with van der Waals surface area (Å²) < 4.78 is 0. The highest BCUT2D eigenvalue weighted by Crippen LogP contribution is 2.35. The van der Waals surface area contributed by atoms with Gasteiger partial charge in [0.2, 0.25) is 5.91 Å². The maximum absolute atomic E-state index is 13.6. The zero-order chi connectivity index (χ0) is 22.9. The average Bonchev–Trinajstić information content (AvgIpc) is 2.82. The standard InChI is InChI=1S/C24H29Cl2N3O2/c1-14(2)28-13-20(24(31)29(15(3)4)22-9-7-6-8-21(22)28)27-23(30)16(5)18-11-10-17(25)12-19(18)26/h6-12,14-16,20H,13H2,1-5H3,(H,27,30). The predicted molar refractivity (Wildman–Crippen MR) is 128 cm³/mol. The van der Waals surface area contributed by atoms with Crippen molar-refractivity contribution in [3.05, 3.63) is 58.1 Å². The Morgan fingerprint density at radius 2 is 1.65 bits per heavy atom. The maximum Gasteiger partial charge on any atom is 0.251 e. The Labute approximate surface area is 194 Å². The molecule has 2 atom stereocenters. The molecule has 0 aliphatic carbocycles. The van der Waals surface area contributed by atoms with E-state index in [1.54, 1.807) is 30.0 Å². The van der Waals surface area contributed by atoms with E-state index in [2.05, 4.69) is 24.1 Å². The minimum absolute atomic E-state index is 0.0525. The molecule has 1 N–H and O–H groups in total. The summed E-state index contributed by atoms with van der Waals surface area (Å²) in [6.07, 6.45) is 0. The lowest BCUT2D eigenvalue weighted by molar-refractivity contribution is -0.128. The largest absolute Gasteiger partial charge is 0.365 e. The van der Waals surface area contributed by atoms with E-state index >= 15 is 0 Å². The molecule has 0 radical (unpaired) electrons. The Bertz CT molecular complexity index is 977. The van der Waals surface area contributed by atoms with Crippen LogP contribution in [-0.2, 0) is 9.59 Å². The van der Waals surface area contributed by atoms with Crippen molar-refractivity contribution in [1.29, 1.82) is 0 Å². The molecule has 3 rings (SSSR count). The highest BCUT2D eigenvalue weighted by atomic mass is 35.5. The van der Waals surface area contributed by atoms with Crippen LogP contribution in [-0.4, -0.2) is 36.5 Å². The van der Waals surface area contributed by atoms with Crippen molar-refractivity contribution in [1.82, 2.24) is 5.32 Å². The number of rotatable bonds is 5. The Balaban J connectivity index is 1.93. The topological polar surface area (TPSA) is 52.7 Å². The number of carbonyl (C=O) groups excluding carboxylic acids is 2. The van der Waals surface area contributed by atoms with Crippen molar-refractivity contribution in [3.63, 3.8) is 0 Å². The molecular weight excluding hydrogens is 433 g/mol. The highest BCUT2D eigenvalue weighted by molar-refractivity contribution is 6.35. The molecule has 1 aliphatic heterocycles. The van der Waals surface area contributed by atoms with E-state index in [1.165, 1.54) is 0 Å². The third-order valence-electron chi connectivity index (χ3n) is 5.64. The van der Waals surface area contributed by atoms with Gasteiger partial charge in [-0.05, 0) is 64.4 Å². The van der Waals surface area contributed by atoms with Gasteiger partial charge in [0.05, 0.1) is 17.3 Å². The van der Waals surface area contributed by atoms with Crippen LogP contribution in [0, 0.1) is 0 Å². The SMILES string of the molecule is CC(C(=O)NC1CN(C(C)C)c2ccccc2N(C(C)C)C1=O)c1ccc(Cl)cc1Cl. The van der Waals surface area contributed by atoms with Gasteiger partial charge in [-0.1, -0.05) is 41.4 Å². The van der Waals surface area contributed by atoms with Gasteiger partial charge < -0.3 is 15.1 Å². The first-order chi connectivity index (χ1) is 14.6. The summed E-state index contributed by atoms with van der Waals surface area (Å²) >= 11 is 12.3. The van der Waals surface area contributed by atoms with E-state index in [0.29, 0.717) is 22.2 Å². The number of benzene rings is 2. The minimum atomic E-state index is -0.682. The molecule has 0 bridgehead atoms. The summed E-state index contributed by atoms with van der Waals surface area (Å²) in [5, 5.41) is 3.93. The van der Waals surface area contributed by atoms with Crippen LogP contribution in [0.25, 0.3) is 0 Å². The van der Waals surface area contributed by atoms with Gasteiger partial charge in [-0.15, -0.1) is 0 Å². The van der Waals surface area contributed by atoms with E-state index in [4.69, 9.17) is 23.2 Å². The molecule has 2 aromatic carbocycles. The van der Waals surface area contributed by atoms with Crippen LogP contribution in [0.3, 0.4) is 0 Å². The van der Waals surface area contributed by atoms with Gasteiger partial charge in [-0.2, -0.15) is 0 Å². The number of fused-ring (bicyclic) bond motifs is 1. The molecule has 0 saturated heterocycles. The lowest BCUT2D eigenvalue weighted by Crippen LogP contribution is -2.54. The Morgan fingerprint density at radius 3 is 2.23 bits per heavy atom. The van der Waals surface area contributed by atoms with E-state index in [1.807, 2.05) is 38.1 Å². The molecule has 0 aromatic heterocycles. The first-order valence-corrected chi connectivity index (χ1v) is 11.3. The number of carbonyl (C=O) groups is 2. The van der Waals surface area contributed by atoms with E-state index in [0.717, 1.165) is 11.4 Å². The van der Waals surface area contributed by atoms with Crippen LogP contribution >= 0.6 is 23.2 Å². The van der Waals surface area contributed by atoms with Crippen molar-refractivity contribution in [2.24, 2.45) is 0 Å². The monoisotopic (exact) mass is 461 g/mol. The van der Waals surface area contributed by atoms with Crippen LogP contribution in [0.4, 0.5) is 11.4 Å². The quantitative estimate of drug-likeness (QED) is 0.660. The van der Waals surface area contributed by atoms with Gasteiger partial charge in [0.15, 0.2) is 0 Å². The smallest absolute Gasteiger partial charge is 0.251 e. The zero-order valence-electron chi connectivity index (χ0n) is 18.5. The maximum atomic E-state index is 13.6. The zero-order valence-corrected chi connectivity index (χ0v) is 20.0. The Morgan fingerprint density at radius 1 is 1.00 bits per heavy atom. The lowest BCUT2D eigenvalue weighted by atomic mass is 9.99. The number of para-hydroxylation sites is 2. The second-order valence-electron chi connectivity index (χ2n) is 8.49. The first kappa shape index (κ1) is 23.4. The third kappa shape index (κ3) is 4.83. The molecular formula is C24H29Cl2N3O2. The number of amides is 2. The van der Waals surface area contributed by atoms with Gasteiger partial charge in [-0.3, -0.25) is 9.59 Å². The highest BCUT2D eigenvalue weighted by Gasteiger charge is 2.37. The fourth-order valence-corrected chi connectivity index (χ4v) is 4.56. The number of halogens is 2. The van der Waals surface area contributed by atoms with Gasteiger partial charge in [-0.25, -0.2) is 0 Å². The molecule has 2 amide bonds. The van der Waals surface area contributed by atoms with Gasteiger partial charge >= 0.3 is 0 Å². The number of nitrogens with zero attached hydrogens (tertiary/aromatic N) is 2. The van der Waals surface area contributed by atoms with Crippen molar-refractivity contribution >= 4 is 46.4 Å². The van der Waals surface area contributed by atoms with Gasteiger partial charge in [0.1, 0.15) is 6.04 Å². The van der Waals surface area contributed by atoms with Crippen LogP contribution in [0.2, 0.25) is 10.0 Å². The molecule has 0 spiro atoms. The second-order valence-corrected chi connectivity index (χ2v) is 9.33. The third-order valence-corrected chi connectivity index (χ3v) is 6.21. The van der Waals surface area contributed by atoms with Crippen molar-refractivity contribution in [2.45, 2.75) is 58.7 Å².